The number of benzene rings is 1. The van der Waals surface area contributed by atoms with E-state index in [2.05, 4.69) is 22.0 Å². The first-order chi connectivity index (χ1) is 10.3. The van der Waals surface area contributed by atoms with Gasteiger partial charge < -0.3 is 9.26 Å². The average molecular weight is 305 g/mol. The number of thioether (sulfide) groups is 1. The van der Waals surface area contributed by atoms with Crippen molar-refractivity contribution in [1.82, 2.24) is 15.0 Å². The highest BCUT2D eigenvalue weighted by atomic mass is 32.2. The van der Waals surface area contributed by atoms with Gasteiger partial charge in [-0.1, -0.05) is 23.4 Å². The summed E-state index contributed by atoms with van der Waals surface area (Å²) in [5.74, 6) is 4.41. The van der Waals surface area contributed by atoms with Gasteiger partial charge in [-0.05, 0) is 19.1 Å². The third-order valence-electron chi connectivity index (χ3n) is 3.55. The van der Waals surface area contributed by atoms with E-state index in [0.717, 1.165) is 18.8 Å². The Labute approximate surface area is 128 Å². The van der Waals surface area contributed by atoms with Crippen LogP contribution in [0.1, 0.15) is 24.7 Å². The molecule has 1 aliphatic rings. The lowest BCUT2D eigenvalue weighted by Crippen LogP contribution is -2.34. The van der Waals surface area contributed by atoms with E-state index >= 15 is 0 Å². The summed E-state index contributed by atoms with van der Waals surface area (Å²) in [7, 11) is 0. The minimum absolute atomic E-state index is 0.170. The number of nitrogens with zero attached hydrogens (tertiary/aromatic N) is 3. The molecule has 0 N–H and O–H groups in total. The van der Waals surface area contributed by atoms with Crippen molar-refractivity contribution < 1.29 is 9.26 Å². The van der Waals surface area contributed by atoms with Gasteiger partial charge in [0.1, 0.15) is 5.75 Å². The van der Waals surface area contributed by atoms with E-state index in [4.69, 9.17) is 9.26 Å². The van der Waals surface area contributed by atoms with Crippen molar-refractivity contribution in [3.05, 3.63) is 42.0 Å². The van der Waals surface area contributed by atoms with Crippen LogP contribution >= 0.6 is 11.8 Å². The van der Waals surface area contributed by atoms with Gasteiger partial charge in [-0.15, -0.1) is 0 Å². The molecule has 1 aromatic heterocycles. The standard InChI is InChI=1S/C15H19N3O2S/c1-12(18-7-9-21-10-8-18)15-16-14(17-20-15)11-19-13-5-3-2-4-6-13/h2-6,12H,7-11H2,1H3. The first-order valence-corrected chi connectivity index (χ1v) is 8.30. The molecule has 1 unspecified atom stereocenters. The molecule has 112 valence electrons. The Hall–Kier alpha value is -1.53. The van der Waals surface area contributed by atoms with E-state index in [1.165, 1.54) is 11.5 Å². The predicted molar refractivity (Wildman–Crippen MR) is 82.4 cm³/mol. The molecule has 6 heteroatoms. The Morgan fingerprint density at radius 1 is 1.29 bits per heavy atom. The molecule has 21 heavy (non-hydrogen) atoms. The lowest BCUT2D eigenvalue weighted by molar-refractivity contribution is 0.188. The maximum absolute atomic E-state index is 5.63. The van der Waals surface area contributed by atoms with Crippen LogP contribution in [0.4, 0.5) is 0 Å². The summed E-state index contributed by atoms with van der Waals surface area (Å²) < 4.78 is 11.0. The fourth-order valence-electron chi connectivity index (χ4n) is 2.28. The van der Waals surface area contributed by atoms with E-state index in [9.17, 15) is 0 Å². The van der Waals surface area contributed by atoms with Gasteiger partial charge in [-0.2, -0.15) is 16.7 Å². The number of ether oxygens (including phenoxy) is 1. The van der Waals surface area contributed by atoms with Gasteiger partial charge in [-0.25, -0.2) is 0 Å². The van der Waals surface area contributed by atoms with Gasteiger partial charge in [0.15, 0.2) is 6.61 Å². The van der Waals surface area contributed by atoms with Crippen molar-refractivity contribution in [2.45, 2.75) is 19.6 Å². The van der Waals surface area contributed by atoms with Gasteiger partial charge in [0.25, 0.3) is 0 Å². The first kappa shape index (κ1) is 14.4. The fraction of sp³-hybridized carbons (Fsp3) is 0.467. The van der Waals surface area contributed by atoms with E-state index in [1.54, 1.807) is 0 Å². The van der Waals surface area contributed by atoms with E-state index in [-0.39, 0.29) is 6.04 Å². The van der Waals surface area contributed by atoms with Gasteiger partial charge in [0.2, 0.25) is 11.7 Å². The molecule has 0 radical (unpaired) electrons. The second-order valence-corrected chi connectivity index (χ2v) is 6.20. The van der Waals surface area contributed by atoms with Crippen LogP contribution in [0.15, 0.2) is 34.9 Å². The number of rotatable bonds is 5. The summed E-state index contributed by atoms with van der Waals surface area (Å²) in [6.07, 6.45) is 0. The zero-order valence-corrected chi connectivity index (χ0v) is 12.9. The average Bonchev–Trinajstić information content (AvgIpc) is 3.03. The molecule has 1 aromatic carbocycles. The summed E-state index contributed by atoms with van der Waals surface area (Å²) in [4.78, 5) is 6.83. The Balaban J connectivity index is 1.58. The van der Waals surface area contributed by atoms with Crippen molar-refractivity contribution in [3.63, 3.8) is 0 Å². The lowest BCUT2D eigenvalue weighted by atomic mass is 10.3. The summed E-state index contributed by atoms with van der Waals surface area (Å²) in [6.45, 7) is 4.59. The number of hydrogen-bond donors (Lipinski definition) is 0. The molecule has 0 bridgehead atoms. The summed E-state index contributed by atoms with van der Waals surface area (Å²) >= 11 is 1.99. The molecule has 0 spiro atoms. The molecule has 1 atom stereocenters. The van der Waals surface area contributed by atoms with Crippen LogP contribution in [-0.4, -0.2) is 39.6 Å². The first-order valence-electron chi connectivity index (χ1n) is 7.15. The molecule has 1 aliphatic heterocycles. The summed E-state index contributed by atoms with van der Waals surface area (Å²) in [5.41, 5.74) is 0. The van der Waals surface area contributed by atoms with Crippen molar-refractivity contribution in [3.8, 4) is 5.75 Å². The molecule has 3 rings (SSSR count). The minimum Gasteiger partial charge on any atom is -0.485 e. The molecule has 5 nitrogen and oxygen atoms in total. The fourth-order valence-corrected chi connectivity index (χ4v) is 3.21. The van der Waals surface area contributed by atoms with Gasteiger partial charge in [0, 0.05) is 24.6 Å². The molecule has 0 amide bonds. The van der Waals surface area contributed by atoms with Crippen LogP contribution in [0.2, 0.25) is 0 Å². The van der Waals surface area contributed by atoms with Gasteiger partial charge in [0.05, 0.1) is 6.04 Å². The Bertz CT molecular complexity index is 555. The van der Waals surface area contributed by atoms with E-state index in [0.29, 0.717) is 18.3 Å². The van der Waals surface area contributed by atoms with E-state index < -0.39 is 0 Å². The molecule has 2 aromatic rings. The van der Waals surface area contributed by atoms with E-state index in [1.807, 2.05) is 42.1 Å². The highest BCUT2D eigenvalue weighted by molar-refractivity contribution is 7.99. The normalized spacial score (nSPS) is 17.6. The minimum atomic E-state index is 0.170. The quantitative estimate of drug-likeness (QED) is 0.846. The predicted octanol–water partition coefficient (Wildman–Crippen LogP) is 2.76. The van der Waals surface area contributed by atoms with Crippen LogP contribution in [0, 0.1) is 0 Å². The summed E-state index contributed by atoms with van der Waals surface area (Å²) in [5, 5.41) is 4.00. The zero-order valence-electron chi connectivity index (χ0n) is 12.1. The maximum Gasteiger partial charge on any atom is 0.243 e. The SMILES string of the molecule is CC(c1nc(COc2ccccc2)no1)N1CCSCC1. The zero-order chi connectivity index (χ0) is 14.5. The number of aromatic nitrogens is 2. The smallest absolute Gasteiger partial charge is 0.243 e. The van der Waals surface area contributed by atoms with Gasteiger partial charge >= 0.3 is 0 Å². The molecule has 1 saturated heterocycles. The van der Waals surface area contributed by atoms with Crippen LogP contribution in [-0.2, 0) is 6.61 Å². The number of hydrogen-bond acceptors (Lipinski definition) is 6. The largest absolute Gasteiger partial charge is 0.485 e. The van der Waals surface area contributed by atoms with Gasteiger partial charge in [-0.3, -0.25) is 4.90 Å². The second-order valence-electron chi connectivity index (χ2n) is 4.97. The second kappa shape index (κ2) is 6.95. The van der Waals surface area contributed by atoms with Crippen molar-refractivity contribution >= 4 is 11.8 Å². The van der Waals surface area contributed by atoms with Crippen molar-refractivity contribution in [2.75, 3.05) is 24.6 Å². The van der Waals surface area contributed by atoms with Crippen LogP contribution in [0.25, 0.3) is 0 Å². The van der Waals surface area contributed by atoms with Crippen LogP contribution in [0.5, 0.6) is 5.75 Å². The Morgan fingerprint density at radius 2 is 2.05 bits per heavy atom. The molecule has 2 heterocycles. The lowest BCUT2D eigenvalue weighted by Gasteiger charge is -2.29. The monoisotopic (exact) mass is 305 g/mol. The molecule has 0 saturated carbocycles. The topological polar surface area (TPSA) is 51.4 Å². The molecular formula is C15H19N3O2S. The number of para-hydroxylation sites is 1. The van der Waals surface area contributed by atoms with Crippen LogP contribution < -0.4 is 4.74 Å². The molecule has 0 aliphatic carbocycles. The van der Waals surface area contributed by atoms with Crippen molar-refractivity contribution in [2.24, 2.45) is 0 Å². The Kier molecular flexibility index (Phi) is 4.77. The summed E-state index contributed by atoms with van der Waals surface area (Å²) in [6, 6.07) is 9.83. The van der Waals surface area contributed by atoms with Crippen molar-refractivity contribution in [1.29, 1.82) is 0 Å². The molecule has 1 fully saturated rings. The maximum atomic E-state index is 5.63. The van der Waals surface area contributed by atoms with Crippen LogP contribution in [0.3, 0.4) is 0 Å². The molecular weight excluding hydrogens is 286 g/mol. The highest BCUT2D eigenvalue weighted by Crippen LogP contribution is 2.22. The third kappa shape index (κ3) is 3.77. The highest BCUT2D eigenvalue weighted by Gasteiger charge is 2.23. The third-order valence-corrected chi connectivity index (χ3v) is 4.49. The Morgan fingerprint density at radius 3 is 2.81 bits per heavy atom.